The zero-order chi connectivity index (χ0) is 16.4. The number of amides is 2. The van der Waals surface area contributed by atoms with Crippen LogP contribution in [0.3, 0.4) is 0 Å². The Kier molecular flexibility index (Phi) is 4.30. The van der Waals surface area contributed by atoms with Crippen molar-refractivity contribution in [3.05, 3.63) is 29.8 Å². The van der Waals surface area contributed by atoms with Crippen molar-refractivity contribution < 1.29 is 23.1 Å². The van der Waals surface area contributed by atoms with E-state index in [1.54, 1.807) is 0 Å². The number of carbonyl (C=O) groups excluding carboxylic acids is 2. The number of hydrogen-bond acceptors (Lipinski definition) is 3. The standard InChI is InChI=1S/C16H18F2N2O3/c17-10-3-4-13(12(18)8-10)20-15(22)16(5-6-16)14(21)19-9-11-2-1-7-23-11/h3-4,8,11H,1-2,5-7,9H2,(H,19,21)(H,20,22). The third kappa shape index (κ3) is 3.34. The summed E-state index contributed by atoms with van der Waals surface area (Å²) in [7, 11) is 0. The second kappa shape index (κ2) is 6.23. The molecule has 5 nitrogen and oxygen atoms in total. The van der Waals surface area contributed by atoms with E-state index in [0.717, 1.165) is 25.0 Å². The summed E-state index contributed by atoms with van der Waals surface area (Å²) < 4.78 is 31.9. The number of hydrogen-bond donors (Lipinski definition) is 2. The van der Waals surface area contributed by atoms with Gasteiger partial charge in [0.25, 0.3) is 0 Å². The maximum Gasteiger partial charge on any atom is 0.240 e. The summed E-state index contributed by atoms with van der Waals surface area (Å²) in [6.45, 7) is 1.06. The van der Waals surface area contributed by atoms with Gasteiger partial charge in [0.2, 0.25) is 11.8 Å². The molecule has 1 unspecified atom stereocenters. The van der Waals surface area contributed by atoms with Gasteiger partial charge in [0, 0.05) is 19.2 Å². The fourth-order valence-electron chi connectivity index (χ4n) is 2.70. The van der Waals surface area contributed by atoms with Crippen LogP contribution < -0.4 is 10.6 Å². The van der Waals surface area contributed by atoms with Gasteiger partial charge >= 0.3 is 0 Å². The number of anilines is 1. The highest BCUT2D eigenvalue weighted by atomic mass is 19.1. The molecule has 23 heavy (non-hydrogen) atoms. The van der Waals surface area contributed by atoms with Crippen molar-refractivity contribution in [1.29, 1.82) is 0 Å². The van der Waals surface area contributed by atoms with Gasteiger partial charge in [-0.15, -0.1) is 0 Å². The summed E-state index contributed by atoms with van der Waals surface area (Å²) in [5.74, 6) is -2.52. The monoisotopic (exact) mass is 324 g/mol. The van der Waals surface area contributed by atoms with Gasteiger partial charge in [-0.25, -0.2) is 8.78 Å². The van der Waals surface area contributed by atoms with E-state index in [1.165, 1.54) is 0 Å². The van der Waals surface area contributed by atoms with E-state index < -0.39 is 23.0 Å². The van der Waals surface area contributed by atoms with E-state index in [4.69, 9.17) is 4.74 Å². The zero-order valence-corrected chi connectivity index (χ0v) is 12.5. The van der Waals surface area contributed by atoms with Gasteiger partial charge in [-0.2, -0.15) is 0 Å². The molecular formula is C16H18F2N2O3. The van der Waals surface area contributed by atoms with Crippen molar-refractivity contribution in [2.24, 2.45) is 5.41 Å². The Bertz CT molecular complexity index is 626. The normalized spacial score (nSPS) is 21.7. The minimum absolute atomic E-state index is 0.00708. The molecule has 1 saturated carbocycles. The molecule has 2 N–H and O–H groups in total. The lowest BCUT2D eigenvalue weighted by Gasteiger charge is -2.17. The second-order valence-electron chi connectivity index (χ2n) is 6.01. The maximum absolute atomic E-state index is 13.6. The lowest BCUT2D eigenvalue weighted by molar-refractivity contribution is -0.134. The Hall–Kier alpha value is -2.02. The maximum atomic E-state index is 13.6. The summed E-state index contributed by atoms with van der Waals surface area (Å²) in [5, 5.41) is 5.12. The molecule has 1 aromatic rings. The SMILES string of the molecule is O=C(NCC1CCCO1)C1(C(=O)Nc2ccc(F)cc2F)CC1. The highest BCUT2D eigenvalue weighted by Crippen LogP contribution is 2.47. The molecule has 124 valence electrons. The minimum Gasteiger partial charge on any atom is -0.376 e. The predicted molar refractivity (Wildman–Crippen MR) is 78.6 cm³/mol. The van der Waals surface area contributed by atoms with Crippen LogP contribution in [0.25, 0.3) is 0 Å². The summed E-state index contributed by atoms with van der Waals surface area (Å²) in [6, 6.07) is 2.88. The van der Waals surface area contributed by atoms with Gasteiger partial charge in [-0.05, 0) is 37.8 Å². The van der Waals surface area contributed by atoms with Gasteiger partial charge in [-0.1, -0.05) is 0 Å². The molecule has 2 fully saturated rings. The second-order valence-corrected chi connectivity index (χ2v) is 6.01. The minimum atomic E-state index is -1.15. The molecule has 0 radical (unpaired) electrons. The van der Waals surface area contributed by atoms with Crippen LogP contribution in [0.4, 0.5) is 14.5 Å². The van der Waals surface area contributed by atoms with Crippen LogP contribution in [-0.4, -0.2) is 31.1 Å². The molecule has 2 aliphatic rings. The molecular weight excluding hydrogens is 306 g/mol. The van der Waals surface area contributed by atoms with Crippen LogP contribution >= 0.6 is 0 Å². The highest BCUT2D eigenvalue weighted by molar-refractivity contribution is 6.13. The number of nitrogens with one attached hydrogen (secondary N) is 2. The van der Waals surface area contributed by atoms with Crippen molar-refractivity contribution in [2.45, 2.75) is 31.8 Å². The number of benzene rings is 1. The Balaban J connectivity index is 1.60. The van der Waals surface area contributed by atoms with Crippen molar-refractivity contribution in [1.82, 2.24) is 5.32 Å². The van der Waals surface area contributed by atoms with Crippen LogP contribution in [0.15, 0.2) is 18.2 Å². The van der Waals surface area contributed by atoms with Crippen LogP contribution in [0.1, 0.15) is 25.7 Å². The van der Waals surface area contributed by atoms with E-state index in [0.29, 0.717) is 32.1 Å². The smallest absolute Gasteiger partial charge is 0.240 e. The van der Waals surface area contributed by atoms with Gasteiger partial charge in [0.15, 0.2) is 0 Å². The van der Waals surface area contributed by atoms with E-state index >= 15 is 0 Å². The first-order chi connectivity index (χ1) is 11.0. The van der Waals surface area contributed by atoms with Gasteiger partial charge < -0.3 is 15.4 Å². The first kappa shape index (κ1) is 15.9. The molecule has 7 heteroatoms. The summed E-state index contributed by atoms with van der Waals surface area (Å²) in [5.41, 5.74) is -1.28. The molecule has 0 aromatic heterocycles. The third-order valence-corrected chi connectivity index (χ3v) is 4.31. The number of rotatable bonds is 5. The third-order valence-electron chi connectivity index (χ3n) is 4.31. The van der Waals surface area contributed by atoms with Crippen LogP contribution in [0.2, 0.25) is 0 Å². The number of ether oxygens (including phenoxy) is 1. The van der Waals surface area contributed by atoms with Gasteiger partial charge in [0.05, 0.1) is 11.8 Å². The topological polar surface area (TPSA) is 67.4 Å². The average Bonchev–Trinajstić information content (AvgIpc) is 3.17. The van der Waals surface area contributed by atoms with Crippen molar-refractivity contribution in [3.8, 4) is 0 Å². The fourth-order valence-corrected chi connectivity index (χ4v) is 2.70. The largest absolute Gasteiger partial charge is 0.376 e. The van der Waals surface area contributed by atoms with Crippen LogP contribution in [0, 0.1) is 17.0 Å². The fraction of sp³-hybridized carbons (Fsp3) is 0.500. The molecule has 1 aromatic carbocycles. The Labute approximate surface area is 132 Å². The Morgan fingerprint density at radius 3 is 2.65 bits per heavy atom. The van der Waals surface area contributed by atoms with Crippen molar-refractivity contribution in [2.75, 3.05) is 18.5 Å². The molecule has 1 aliphatic heterocycles. The molecule has 3 rings (SSSR count). The summed E-state index contributed by atoms with van der Waals surface area (Å²) >= 11 is 0. The number of carbonyl (C=O) groups is 2. The quantitative estimate of drug-likeness (QED) is 0.814. The van der Waals surface area contributed by atoms with Crippen LogP contribution in [0.5, 0.6) is 0 Å². The summed E-state index contributed by atoms with van der Waals surface area (Å²) in [4.78, 5) is 24.6. The van der Waals surface area contributed by atoms with Crippen LogP contribution in [-0.2, 0) is 14.3 Å². The summed E-state index contributed by atoms with van der Waals surface area (Å²) in [6.07, 6.45) is 2.68. The van der Waals surface area contributed by atoms with Crippen molar-refractivity contribution >= 4 is 17.5 Å². The molecule has 0 spiro atoms. The number of halogens is 2. The first-order valence-corrected chi connectivity index (χ1v) is 7.68. The van der Waals surface area contributed by atoms with E-state index in [2.05, 4.69) is 10.6 Å². The Morgan fingerprint density at radius 1 is 1.26 bits per heavy atom. The molecule has 1 atom stereocenters. The molecule has 1 aliphatic carbocycles. The van der Waals surface area contributed by atoms with Gasteiger partial charge in [0.1, 0.15) is 17.0 Å². The lowest BCUT2D eigenvalue weighted by atomic mass is 10.0. The molecule has 1 heterocycles. The lowest BCUT2D eigenvalue weighted by Crippen LogP contribution is -2.42. The molecule has 2 amide bonds. The van der Waals surface area contributed by atoms with Crippen molar-refractivity contribution in [3.63, 3.8) is 0 Å². The first-order valence-electron chi connectivity index (χ1n) is 7.68. The highest BCUT2D eigenvalue weighted by Gasteiger charge is 2.56. The van der Waals surface area contributed by atoms with Gasteiger partial charge in [-0.3, -0.25) is 9.59 Å². The molecule has 1 saturated heterocycles. The predicted octanol–water partition coefficient (Wildman–Crippen LogP) is 1.98. The Morgan fingerprint density at radius 2 is 2.04 bits per heavy atom. The molecule has 0 bridgehead atoms. The van der Waals surface area contributed by atoms with E-state index in [1.807, 2.05) is 0 Å². The average molecular weight is 324 g/mol. The van der Waals surface area contributed by atoms with E-state index in [9.17, 15) is 18.4 Å². The zero-order valence-electron chi connectivity index (χ0n) is 12.5. The van der Waals surface area contributed by atoms with E-state index in [-0.39, 0.29) is 17.7 Å².